The molecule has 0 fully saturated rings. The number of fused-ring (bicyclic) bond motifs is 1. The predicted octanol–water partition coefficient (Wildman–Crippen LogP) is 3.02. The van der Waals surface area contributed by atoms with Gasteiger partial charge < -0.3 is 4.42 Å². The smallest absolute Gasteiger partial charge is 0.293 e. The molecule has 0 bridgehead atoms. The van der Waals surface area contributed by atoms with Gasteiger partial charge in [0.25, 0.3) is 5.91 Å². The van der Waals surface area contributed by atoms with E-state index in [9.17, 15) is 17.6 Å². The average molecular weight is 421 g/mol. The summed E-state index contributed by atoms with van der Waals surface area (Å²) >= 11 is 1.25. The Hall–Kier alpha value is -2.56. The fraction of sp³-hybridized carbons (Fsp3) is 0.222. The third kappa shape index (κ3) is 3.98. The maximum absolute atomic E-state index is 13.0. The highest BCUT2D eigenvalue weighted by Gasteiger charge is 2.29. The largest absolute Gasteiger partial charge is 0.459 e. The Kier molecular flexibility index (Phi) is 5.00. The summed E-state index contributed by atoms with van der Waals surface area (Å²) in [6, 6.07) is 8.60. The van der Waals surface area contributed by atoms with Crippen LogP contribution in [0.15, 0.2) is 47.1 Å². The molecule has 0 saturated heterocycles. The first kappa shape index (κ1) is 18.8. The maximum Gasteiger partial charge on any atom is 0.293 e. The van der Waals surface area contributed by atoms with E-state index in [1.165, 1.54) is 46.2 Å². The number of furan rings is 1. The fourth-order valence-corrected chi connectivity index (χ4v) is 5.50. The van der Waals surface area contributed by atoms with Crippen molar-refractivity contribution in [2.75, 3.05) is 11.9 Å². The summed E-state index contributed by atoms with van der Waals surface area (Å²) in [7, 11) is -3.55. The highest BCUT2D eigenvalue weighted by Crippen LogP contribution is 2.30. The molecule has 146 valence electrons. The molecule has 28 heavy (non-hydrogen) atoms. The Morgan fingerprint density at radius 1 is 1.29 bits per heavy atom. The first-order valence-corrected chi connectivity index (χ1v) is 10.9. The first-order chi connectivity index (χ1) is 13.4. The number of amides is 1. The molecule has 0 aliphatic carbocycles. The summed E-state index contributed by atoms with van der Waals surface area (Å²) in [5.41, 5.74) is 1.32. The highest BCUT2D eigenvalue weighted by atomic mass is 32.2. The van der Waals surface area contributed by atoms with E-state index in [0.29, 0.717) is 23.7 Å². The summed E-state index contributed by atoms with van der Waals surface area (Å²) in [5, 5.41) is 3.08. The molecular formula is C18H16FN3O4S2. The van der Waals surface area contributed by atoms with E-state index >= 15 is 0 Å². The van der Waals surface area contributed by atoms with Crippen LogP contribution in [0, 0.1) is 5.82 Å². The van der Waals surface area contributed by atoms with Gasteiger partial charge in [0, 0.05) is 24.4 Å². The van der Waals surface area contributed by atoms with Crippen LogP contribution >= 0.6 is 11.3 Å². The van der Waals surface area contributed by atoms with E-state index in [2.05, 4.69) is 10.3 Å². The summed E-state index contributed by atoms with van der Waals surface area (Å²) < 4.78 is 44.9. The molecular weight excluding hydrogens is 405 g/mol. The fourth-order valence-electron chi connectivity index (χ4n) is 2.91. The standard InChI is InChI=1S/C18H16FN3O4S2/c19-13-5-3-12(4-6-13)11-28(24,25)22-8-7-14-16(10-22)27-18(20-14)21-17(23)15-2-1-9-26-15/h1-6,9H,7-8,10-11H2,(H,20,21,23). The van der Waals surface area contributed by atoms with Crippen LogP contribution in [0.1, 0.15) is 26.7 Å². The topological polar surface area (TPSA) is 92.5 Å². The molecule has 1 amide bonds. The second-order valence-corrected chi connectivity index (χ2v) is 9.34. The molecule has 1 aromatic carbocycles. The molecule has 3 aromatic rings. The van der Waals surface area contributed by atoms with Crippen molar-refractivity contribution in [1.29, 1.82) is 0 Å². The maximum atomic E-state index is 13.0. The summed E-state index contributed by atoms with van der Waals surface area (Å²) in [6.07, 6.45) is 1.87. The van der Waals surface area contributed by atoms with E-state index in [4.69, 9.17) is 4.42 Å². The average Bonchev–Trinajstić information content (AvgIpc) is 3.32. The zero-order valence-corrected chi connectivity index (χ0v) is 16.2. The number of nitrogens with zero attached hydrogens (tertiary/aromatic N) is 2. The minimum Gasteiger partial charge on any atom is -0.459 e. The second-order valence-electron chi connectivity index (χ2n) is 6.29. The Morgan fingerprint density at radius 3 is 2.79 bits per heavy atom. The number of benzene rings is 1. The van der Waals surface area contributed by atoms with Gasteiger partial charge in [0.1, 0.15) is 5.82 Å². The van der Waals surface area contributed by atoms with Crippen molar-refractivity contribution >= 4 is 32.4 Å². The number of rotatable bonds is 5. The van der Waals surface area contributed by atoms with Crippen LogP contribution in [-0.2, 0) is 28.7 Å². The van der Waals surface area contributed by atoms with Crippen LogP contribution in [0.4, 0.5) is 9.52 Å². The van der Waals surface area contributed by atoms with Crippen molar-refractivity contribution in [1.82, 2.24) is 9.29 Å². The molecule has 0 radical (unpaired) electrons. The third-order valence-corrected chi connectivity index (χ3v) is 7.11. The zero-order valence-electron chi connectivity index (χ0n) is 14.6. The number of sulfonamides is 1. The molecule has 10 heteroatoms. The van der Waals surface area contributed by atoms with Gasteiger partial charge in [-0.1, -0.05) is 12.1 Å². The lowest BCUT2D eigenvalue weighted by Gasteiger charge is -2.25. The van der Waals surface area contributed by atoms with Gasteiger partial charge in [-0.3, -0.25) is 10.1 Å². The van der Waals surface area contributed by atoms with Crippen LogP contribution in [-0.4, -0.2) is 30.2 Å². The Balaban J connectivity index is 1.46. The number of hydrogen-bond acceptors (Lipinski definition) is 6. The molecule has 7 nitrogen and oxygen atoms in total. The summed E-state index contributed by atoms with van der Waals surface area (Å²) in [4.78, 5) is 17.3. The van der Waals surface area contributed by atoms with Gasteiger partial charge in [-0.05, 0) is 29.8 Å². The number of hydrogen-bond donors (Lipinski definition) is 1. The molecule has 0 atom stereocenters. The number of carbonyl (C=O) groups excluding carboxylic acids is 1. The Labute approximate surface area is 164 Å². The number of carbonyl (C=O) groups is 1. The van der Waals surface area contributed by atoms with Crippen LogP contribution in [0.25, 0.3) is 0 Å². The van der Waals surface area contributed by atoms with Crippen molar-refractivity contribution in [2.24, 2.45) is 0 Å². The molecule has 0 spiro atoms. The monoisotopic (exact) mass is 421 g/mol. The molecule has 0 unspecified atom stereocenters. The quantitative estimate of drug-likeness (QED) is 0.684. The Morgan fingerprint density at radius 2 is 2.07 bits per heavy atom. The third-order valence-electron chi connectivity index (χ3n) is 4.32. The van der Waals surface area contributed by atoms with Crippen LogP contribution in [0.3, 0.4) is 0 Å². The normalized spacial score (nSPS) is 14.6. The first-order valence-electron chi connectivity index (χ1n) is 8.46. The molecule has 1 N–H and O–H groups in total. The van der Waals surface area contributed by atoms with E-state index in [-0.39, 0.29) is 18.1 Å². The zero-order chi connectivity index (χ0) is 19.7. The lowest BCUT2D eigenvalue weighted by Crippen LogP contribution is -2.36. The van der Waals surface area contributed by atoms with Gasteiger partial charge >= 0.3 is 0 Å². The number of anilines is 1. The molecule has 4 rings (SSSR count). The van der Waals surface area contributed by atoms with Crippen molar-refractivity contribution in [3.8, 4) is 0 Å². The number of thiazole rings is 1. The molecule has 3 heterocycles. The van der Waals surface area contributed by atoms with Crippen molar-refractivity contribution in [3.05, 3.63) is 70.4 Å². The lowest BCUT2D eigenvalue weighted by molar-refractivity contribution is 0.0996. The van der Waals surface area contributed by atoms with Crippen molar-refractivity contribution in [2.45, 2.75) is 18.7 Å². The summed E-state index contributed by atoms with van der Waals surface area (Å²) in [6.45, 7) is 0.513. The number of nitrogens with one attached hydrogen (secondary N) is 1. The van der Waals surface area contributed by atoms with Gasteiger partial charge in [0.05, 0.1) is 17.7 Å². The van der Waals surface area contributed by atoms with Crippen LogP contribution < -0.4 is 5.32 Å². The van der Waals surface area contributed by atoms with Crippen molar-refractivity contribution < 1.29 is 22.0 Å². The van der Waals surface area contributed by atoms with E-state index < -0.39 is 21.7 Å². The van der Waals surface area contributed by atoms with Gasteiger partial charge in [-0.15, -0.1) is 11.3 Å². The minimum atomic E-state index is -3.55. The second kappa shape index (κ2) is 7.46. The minimum absolute atomic E-state index is 0.177. The van der Waals surface area contributed by atoms with Gasteiger partial charge in [-0.25, -0.2) is 17.8 Å². The van der Waals surface area contributed by atoms with Gasteiger partial charge in [0.15, 0.2) is 10.9 Å². The Bertz CT molecular complexity index is 1090. The summed E-state index contributed by atoms with van der Waals surface area (Å²) in [5.74, 6) is -0.824. The SMILES string of the molecule is O=C(Nc1nc2c(s1)CN(S(=O)(=O)Cc1ccc(F)cc1)CC2)c1ccco1. The molecule has 2 aromatic heterocycles. The molecule has 1 aliphatic rings. The van der Waals surface area contributed by atoms with E-state index in [0.717, 1.165) is 10.6 Å². The van der Waals surface area contributed by atoms with Gasteiger partial charge in [-0.2, -0.15) is 4.31 Å². The lowest BCUT2D eigenvalue weighted by atomic mass is 10.2. The molecule has 0 saturated carbocycles. The number of halogens is 1. The number of aromatic nitrogens is 1. The van der Waals surface area contributed by atoms with E-state index in [1.54, 1.807) is 12.1 Å². The van der Waals surface area contributed by atoms with Gasteiger partial charge in [0.2, 0.25) is 10.0 Å². The van der Waals surface area contributed by atoms with E-state index in [1.807, 2.05) is 0 Å². The van der Waals surface area contributed by atoms with Crippen molar-refractivity contribution in [3.63, 3.8) is 0 Å². The highest BCUT2D eigenvalue weighted by molar-refractivity contribution is 7.88. The van der Waals surface area contributed by atoms with Crippen LogP contribution in [0.5, 0.6) is 0 Å². The van der Waals surface area contributed by atoms with Crippen LogP contribution in [0.2, 0.25) is 0 Å². The predicted molar refractivity (Wildman–Crippen MR) is 102 cm³/mol. The molecule has 1 aliphatic heterocycles.